The number of aliphatic hydroxyl groups excluding tert-OH is 2. The Morgan fingerprint density at radius 3 is 2.75 bits per heavy atom. The molecule has 0 amide bonds. The zero-order chi connectivity index (χ0) is 9.14. The minimum Gasteiger partial charge on any atom is -0.391 e. The van der Waals surface area contributed by atoms with Crippen molar-refractivity contribution in [2.45, 2.75) is 24.7 Å². The predicted molar refractivity (Wildman–Crippen MR) is 38.2 cm³/mol. The summed E-state index contributed by atoms with van der Waals surface area (Å²) in [7, 11) is 0. The van der Waals surface area contributed by atoms with E-state index in [-0.39, 0.29) is 13.0 Å². The van der Waals surface area contributed by atoms with E-state index in [1.165, 1.54) is 0 Å². The smallest absolute Gasteiger partial charge is 0.232 e. The minimum absolute atomic E-state index is 0.0650. The Bertz CT molecular complexity index is 173. The van der Waals surface area contributed by atoms with Crippen molar-refractivity contribution in [2.75, 3.05) is 13.2 Å². The van der Waals surface area contributed by atoms with Gasteiger partial charge in [0.15, 0.2) is 0 Å². The van der Waals surface area contributed by atoms with Crippen LogP contribution in [0.5, 0.6) is 0 Å². The number of hydrogen-bond acceptors (Lipinski definition) is 5. The Morgan fingerprint density at radius 2 is 2.25 bits per heavy atom. The third kappa shape index (κ3) is 2.40. The molecule has 0 aromatic heterocycles. The van der Waals surface area contributed by atoms with Crippen LogP contribution in [-0.4, -0.2) is 46.6 Å². The first kappa shape index (κ1) is 9.37. The number of nitro groups is 1. The normalized spacial score (nSPS) is 36.3. The van der Waals surface area contributed by atoms with E-state index >= 15 is 0 Å². The van der Waals surface area contributed by atoms with Crippen molar-refractivity contribution in [3.05, 3.63) is 10.1 Å². The lowest BCUT2D eigenvalue weighted by molar-refractivity contribution is -0.495. The number of nitrogens with zero attached hydrogens (tertiary/aromatic N) is 1. The quantitative estimate of drug-likeness (QED) is 0.407. The van der Waals surface area contributed by atoms with Crippen molar-refractivity contribution in [1.29, 1.82) is 0 Å². The molecule has 0 saturated carbocycles. The van der Waals surface area contributed by atoms with Gasteiger partial charge >= 0.3 is 0 Å². The maximum Gasteiger partial charge on any atom is 0.232 e. The van der Waals surface area contributed by atoms with Crippen LogP contribution in [0.3, 0.4) is 0 Å². The third-order valence-corrected chi connectivity index (χ3v) is 1.77. The summed E-state index contributed by atoms with van der Waals surface area (Å²) < 4.78 is 4.87. The van der Waals surface area contributed by atoms with E-state index in [1.807, 2.05) is 0 Å². The molecule has 1 aliphatic rings. The molecule has 0 aliphatic carbocycles. The highest BCUT2D eigenvalue weighted by Gasteiger charge is 2.32. The highest BCUT2D eigenvalue weighted by atomic mass is 16.6. The first-order valence-corrected chi connectivity index (χ1v) is 3.69. The van der Waals surface area contributed by atoms with Crippen LogP contribution in [0.4, 0.5) is 0 Å². The Balaban J connectivity index is 2.39. The Labute approximate surface area is 68.9 Å². The summed E-state index contributed by atoms with van der Waals surface area (Å²) in [6, 6.07) is 0. The van der Waals surface area contributed by atoms with Crippen LogP contribution in [0.25, 0.3) is 0 Å². The van der Waals surface area contributed by atoms with Gasteiger partial charge in [0.2, 0.25) is 6.54 Å². The van der Waals surface area contributed by atoms with Crippen molar-refractivity contribution in [1.82, 2.24) is 0 Å². The van der Waals surface area contributed by atoms with Crippen molar-refractivity contribution < 1.29 is 19.9 Å². The van der Waals surface area contributed by atoms with Gasteiger partial charge in [-0.3, -0.25) is 10.1 Å². The molecular weight excluding hydrogens is 166 g/mol. The molecule has 0 spiro atoms. The van der Waals surface area contributed by atoms with Crippen LogP contribution in [0.15, 0.2) is 0 Å². The van der Waals surface area contributed by atoms with Gasteiger partial charge in [-0.1, -0.05) is 0 Å². The molecule has 12 heavy (non-hydrogen) atoms. The Morgan fingerprint density at radius 1 is 1.58 bits per heavy atom. The lowest BCUT2D eigenvalue weighted by atomic mass is 10.0. The molecule has 1 fully saturated rings. The number of ether oxygens (including phenoxy) is 1. The summed E-state index contributed by atoms with van der Waals surface area (Å²) >= 11 is 0. The molecule has 0 aromatic carbocycles. The molecule has 6 heteroatoms. The summed E-state index contributed by atoms with van der Waals surface area (Å²) in [6.45, 7) is -0.344. The van der Waals surface area contributed by atoms with Crippen LogP contribution in [0.2, 0.25) is 0 Å². The van der Waals surface area contributed by atoms with Crippen molar-refractivity contribution in [2.24, 2.45) is 0 Å². The van der Waals surface area contributed by atoms with Crippen molar-refractivity contribution >= 4 is 0 Å². The summed E-state index contributed by atoms with van der Waals surface area (Å²) in [6.07, 6.45) is -2.26. The van der Waals surface area contributed by atoms with Crippen LogP contribution in [0, 0.1) is 10.1 Å². The van der Waals surface area contributed by atoms with Gasteiger partial charge in [-0.2, -0.15) is 0 Å². The van der Waals surface area contributed by atoms with Crippen molar-refractivity contribution in [3.8, 4) is 0 Å². The third-order valence-electron chi connectivity index (χ3n) is 1.77. The van der Waals surface area contributed by atoms with Gasteiger partial charge in [-0.25, -0.2) is 0 Å². The molecule has 6 nitrogen and oxygen atoms in total. The Hall–Kier alpha value is -0.720. The molecule has 0 unspecified atom stereocenters. The monoisotopic (exact) mass is 177 g/mol. The lowest BCUT2D eigenvalue weighted by Gasteiger charge is -2.28. The molecule has 3 atom stereocenters. The van der Waals surface area contributed by atoms with Crippen LogP contribution < -0.4 is 0 Å². The maximum absolute atomic E-state index is 10.0. The standard InChI is InChI=1S/C6H11NO5/c8-4-1-5(9)6(12-3-4)2-7(10)11/h4-6,8-9H,1-3H2/t4-,5+,6-/m1/s1. The van der Waals surface area contributed by atoms with Gasteiger partial charge in [0.05, 0.1) is 18.8 Å². The van der Waals surface area contributed by atoms with E-state index in [2.05, 4.69) is 0 Å². The largest absolute Gasteiger partial charge is 0.391 e. The zero-order valence-corrected chi connectivity index (χ0v) is 6.42. The van der Waals surface area contributed by atoms with Crippen LogP contribution in [0.1, 0.15) is 6.42 Å². The van der Waals surface area contributed by atoms with Gasteiger partial charge in [0.1, 0.15) is 6.10 Å². The second kappa shape index (κ2) is 3.79. The summed E-state index contributed by atoms with van der Waals surface area (Å²) in [5.74, 6) is 0. The van der Waals surface area contributed by atoms with E-state index in [0.717, 1.165) is 0 Å². The van der Waals surface area contributed by atoms with Gasteiger partial charge < -0.3 is 14.9 Å². The molecule has 1 saturated heterocycles. The molecule has 0 radical (unpaired) electrons. The fourth-order valence-electron chi connectivity index (χ4n) is 1.17. The molecule has 70 valence electrons. The summed E-state index contributed by atoms with van der Waals surface area (Å²) in [4.78, 5) is 9.51. The second-order valence-corrected chi connectivity index (χ2v) is 2.84. The summed E-state index contributed by atoms with van der Waals surface area (Å²) in [5, 5.41) is 28.2. The Kier molecular flexibility index (Phi) is 2.96. The highest BCUT2D eigenvalue weighted by molar-refractivity contribution is 4.77. The topological polar surface area (TPSA) is 92.8 Å². The average Bonchev–Trinajstić information content (AvgIpc) is 1.94. The molecule has 1 heterocycles. The fraction of sp³-hybridized carbons (Fsp3) is 1.00. The van der Waals surface area contributed by atoms with Gasteiger partial charge in [-0.15, -0.1) is 0 Å². The number of rotatable bonds is 2. The fourth-order valence-corrected chi connectivity index (χ4v) is 1.17. The SMILES string of the molecule is O=[N+]([O-])C[C@H]1OC[C@H](O)C[C@@H]1O. The predicted octanol–water partition coefficient (Wildman–Crippen LogP) is -1.23. The highest BCUT2D eigenvalue weighted by Crippen LogP contribution is 2.14. The molecule has 2 N–H and O–H groups in total. The maximum atomic E-state index is 10.0. The lowest BCUT2D eigenvalue weighted by Crippen LogP contribution is -2.44. The van der Waals surface area contributed by atoms with E-state index < -0.39 is 29.8 Å². The summed E-state index contributed by atoms with van der Waals surface area (Å²) in [5.41, 5.74) is 0. The number of aliphatic hydroxyl groups is 2. The molecule has 1 rings (SSSR count). The molecular formula is C6H11NO5. The number of hydrogen-bond donors (Lipinski definition) is 2. The van der Waals surface area contributed by atoms with Crippen LogP contribution >= 0.6 is 0 Å². The van der Waals surface area contributed by atoms with Gasteiger partial charge in [-0.05, 0) is 0 Å². The van der Waals surface area contributed by atoms with E-state index in [4.69, 9.17) is 9.84 Å². The molecule has 0 aromatic rings. The van der Waals surface area contributed by atoms with E-state index in [0.29, 0.717) is 0 Å². The minimum atomic E-state index is -0.931. The zero-order valence-electron chi connectivity index (χ0n) is 6.42. The first-order valence-electron chi connectivity index (χ1n) is 3.69. The van der Waals surface area contributed by atoms with E-state index in [9.17, 15) is 15.2 Å². The average molecular weight is 177 g/mol. The molecule has 0 bridgehead atoms. The van der Waals surface area contributed by atoms with E-state index in [1.54, 1.807) is 0 Å². The first-order chi connectivity index (χ1) is 5.59. The van der Waals surface area contributed by atoms with Gasteiger partial charge in [0.25, 0.3) is 0 Å². The second-order valence-electron chi connectivity index (χ2n) is 2.84. The van der Waals surface area contributed by atoms with Crippen molar-refractivity contribution in [3.63, 3.8) is 0 Å². The molecule has 1 aliphatic heterocycles. The van der Waals surface area contributed by atoms with Gasteiger partial charge in [0, 0.05) is 11.3 Å². The van der Waals surface area contributed by atoms with Crippen LogP contribution in [-0.2, 0) is 4.74 Å².